The maximum absolute atomic E-state index is 12.5. The number of hydrogen-bond acceptors (Lipinski definition) is 2. The summed E-state index contributed by atoms with van der Waals surface area (Å²) in [4.78, 5) is 12.5. The maximum Gasteiger partial charge on any atom is 0.176 e. The SMILES string of the molecule is O=C(CNC1CCCCCCC1)c1ccc2c(c1)CCCC2. The molecule has 0 bridgehead atoms. The molecule has 0 unspecified atom stereocenters. The Morgan fingerprint density at radius 3 is 2.36 bits per heavy atom. The van der Waals surface area contributed by atoms with E-state index in [0.717, 1.165) is 12.0 Å². The fraction of sp³-hybridized carbons (Fsp3) is 0.650. The first-order valence-corrected chi connectivity index (χ1v) is 9.21. The molecule has 0 aromatic heterocycles. The van der Waals surface area contributed by atoms with Crippen LogP contribution in [0.4, 0.5) is 0 Å². The smallest absolute Gasteiger partial charge is 0.176 e. The van der Waals surface area contributed by atoms with E-state index in [0.29, 0.717) is 12.6 Å². The van der Waals surface area contributed by atoms with E-state index >= 15 is 0 Å². The standard InChI is InChI=1S/C20H29NO/c22-20(15-21-19-10-4-2-1-3-5-11-19)18-13-12-16-8-6-7-9-17(16)14-18/h12-14,19,21H,1-11,15H2. The van der Waals surface area contributed by atoms with Gasteiger partial charge in [0, 0.05) is 11.6 Å². The van der Waals surface area contributed by atoms with Crippen molar-refractivity contribution < 1.29 is 4.79 Å². The van der Waals surface area contributed by atoms with Crippen molar-refractivity contribution in [3.63, 3.8) is 0 Å². The monoisotopic (exact) mass is 299 g/mol. The lowest BCUT2D eigenvalue weighted by Gasteiger charge is -2.21. The zero-order valence-electron chi connectivity index (χ0n) is 13.7. The number of fused-ring (bicyclic) bond motifs is 1. The number of rotatable bonds is 4. The van der Waals surface area contributed by atoms with Gasteiger partial charge in [0.2, 0.25) is 0 Å². The molecule has 2 aliphatic rings. The van der Waals surface area contributed by atoms with E-state index in [1.165, 1.54) is 75.3 Å². The van der Waals surface area contributed by atoms with E-state index < -0.39 is 0 Å². The van der Waals surface area contributed by atoms with Crippen LogP contribution in [0.3, 0.4) is 0 Å². The molecule has 1 N–H and O–H groups in total. The molecule has 1 aromatic carbocycles. The Bertz CT molecular complexity index is 500. The van der Waals surface area contributed by atoms with Gasteiger partial charge in [0.1, 0.15) is 0 Å². The van der Waals surface area contributed by atoms with Crippen molar-refractivity contribution in [2.75, 3.05) is 6.54 Å². The van der Waals surface area contributed by atoms with Gasteiger partial charge in [-0.05, 0) is 55.7 Å². The van der Waals surface area contributed by atoms with Gasteiger partial charge in [0.05, 0.1) is 6.54 Å². The van der Waals surface area contributed by atoms with Gasteiger partial charge in [0.25, 0.3) is 0 Å². The summed E-state index contributed by atoms with van der Waals surface area (Å²) in [5, 5.41) is 3.52. The van der Waals surface area contributed by atoms with Gasteiger partial charge in [-0.3, -0.25) is 4.79 Å². The highest BCUT2D eigenvalue weighted by Gasteiger charge is 2.15. The summed E-state index contributed by atoms with van der Waals surface area (Å²) in [5.41, 5.74) is 3.76. The van der Waals surface area contributed by atoms with Crippen molar-refractivity contribution in [2.24, 2.45) is 0 Å². The van der Waals surface area contributed by atoms with Crippen LogP contribution >= 0.6 is 0 Å². The molecule has 2 aliphatic carbocycles. The first-order chi connectivity index (χ1) is 10.8. The van der Waals surface area contributed by atoms with Crippen LogP contribution in [0.1, 0.15) is 79.3 Å². The lowest BCUT2D eigenvalue weighted by Crippen LogP contribution is -2.34. The normalized spacial score (nSPS) is 20.0. The van der Waals surface area contributed by atoms with Crippen molar-refractivity contribution in [2.45, 2.75) is 76.7 Å². The number of hydrogen-bond donors (Lipinski definition) is 1. The summed E-state index contributed by atoms with van der Waals surface area (Å²) >= 11 is 0. The van der Waals surface area contributed by atoms with Gasteiger partial charge < -0.3 is 5.32 Å². The number of Topliss-reactive ketones (excluding diaryl/α,β-unsaturated/α-hetero) is 1. The van der Waals surface area contributed by atoms with Crippen LogP contribution in [0.15, 0.2) is 18.2 Å². The first kappa shape index (κ1) is 15.7. The van der Waals surface area contributed by atoms with Crippen LogP contribution in [-0.4, -0.2) is 18.4 Å². The molecule has 0 saturated heterocycles. The number of nitrogens with one attached hydrogen (secondary N) is 1. The third kappa shape index (κ3) is 4.19. The quantitative estimate of drug-likeness (QED) is 0.832. The zero-order chi connectivity index (χ0) is 15.2. The largest absolute Gasteiger partial charge is 0.307 e. The lowest BCUT2D eigenvalue weighted by molar-refractivity contribution is 0.0985. The average Bonchev–Trinajstić information content (AvgIpc) is 2.53. The zero-order valence-corrected chi connectivity index (χ0v) is 13.7. The van der Waals surface area contributed by atoms with Crippen LogP contribution in [0.5, 0.6) is 0 Å². The third-order valence-electron chi connectivity index (χ3n) is 5.33. The van der Waals surface area contributed by atoms with Crippen molar-refractivity contribution in [1.29, 1.82) is 0 Å². The Hall–Kier alpha value is -1.15. The van der Waals surface area contributed by atoms with Gasteiger partial charge in [-0.2, -0.15) is 0 Å². The summed E-state index contributed by atoms with van der Waals surface area (Å²) < 4.78 is 0. The van der Waals surface area contributed by atoms with Gasteiger partial charge in [-0.25, -0.2) is 0 Å². The fourth-order valence-electron chi connectivity index (χ4n) is 3.91. The molecular formula is C20H29NO. The van der Waals surface area contributed by atoms with Gasteiger partial charge in [0.15, 0.2) is 5.78 Å². The van der Waals surface area contributed by atoms with Crippen LogP contribution in [-0.2, 0) is 12.8 Å². The third-order valence-corrected chi connectivity index (χ3v) is 5.33. The van der Waals surface area contributed by atoms with E-state index in [1.807, 2.05) is 6.07 Å². The fourth-order valence-corrected chi connectivity index (χ4v) is 3.91. The van der Waals surface area contributed by atoms with Crippen LogP contribution < -0.4 is 5.32 Å². The predicted octanol–water partition coefficient (Wildman–Crippen LogP) is 4.45. The summed E-state index contributed by atoms with van der Waals surface area (Å²) in [6, 6.07) is 6.90. The molecule has 0 atom stereocenters. The number of aryl methyl sites for hydroxylation is 2. The van der Waals surface area contributed by atoms with Crippen molar-refractivity contribution in [3.05, 3.63) is 34.9 Å². The van der Waals surface area contributed by atoms with Gasteiger partial charge in [-0.15, -0.1) is 0 Å². The molecule has 1 saturated carbocycles. The highest BCUT2D eigenvalue weighted by atomic mass is 16.1. The van der Waals surface area contributed by atoms with E-state index in [9.17, 15) is 4.79 Å². The topological polar surface area (TPSA) is 29.1 Å². The van der Waals surface area contributed by atoms with Gasteiger partial charge >= 0.3 is 0 Å². The molecular weight excluding hydrogens is 270 g/mol. The molecule has 0 amide bonds. The Kier molecular flexibility index (Phi) is 5.66. The molecule has 2 heteroatoms. The Morgan fingerprint density at radius 2 is 1.59 bits per heavy atom. The minimum atomic E-state index is 0.260. The second-order valence-electron chi connectivity index (χ2n) is 7.04. The summed E-state index contributed by atoms with van der Waals surface area (Å²) in [6.07, 6.45) is 14.1. The van der Waals surface area contributed by atoms with Crippen LogP contribution in [0.25, 0.3) is 0 Å². The Labute approximate surface area is 134 Å². The number of ketones is 1. The second-order valence-corrected chi connectivity index (χ2v) is 7.04. The molecule has 0 spiro atoms. The second kappa shape index (κ2) is 7.92. The van der Waals surface area contributed by atoms with E-state index in [-0.39, 0.29) is 5.78 Å². The summed E-state index contributed by atoms with van der Waals surface area (Å²) in [5.74, 6) is 0.260. The van der Waals surface area contributed by atoms with Crippen molar-refractivity contribution >= 4 is 5.78 Å². The highest BCUT2D eigenvalue weighted by molar-refractivity contribution is 5.97. The van der Waals surface area contributed by atoms with Gasteiger partial charge in [-0.1, -0.05) is 44.2 Å². The van der Waals surface area contributed by atoms with Crippen LogP contribution in [0, 0.1) is 0 Å². The Morgan fingerprint density at radius 1 is 0.909 bits per heavy atom. The molecule has 22 heavy (non-hydrogen) atoms. The van der Waals surface area contributed by atoms with Crippen LogP contribution in [0.2, 0.25) is 0 Å². The maximum atomic E-state index is 12.5. The lowest BCUT2D eigenvalue weighted by atomic mass is 9.89. The highest BCUT2D eigenvalue weighted by Crippen LogP contribution is 2.22. The summed E-state index contributed by atoms with van der Waals surface area (Å²) in [7, 11) is 0. The Balaban J connectivity index is 1.55. The minimum Gasteiger partial charge on any atom is -0.307 e. The molecule has 3 rings (SSSR count). The molecule has 120 valence electrons. The van der Waals surface area contributed by atoms with E-state index in [1.54, 1.807) is 0 Å². The molecule has 0 aliphatic heterocycles. The van der Waals surface area contributed by atoms with Crippen molar-refractivity contribution in [3.8, 4) is 0 Å². The number of benzene rings is 1. The first-order valence-electron chi connectivity index (χ1n) is 9.21. The average molecular weight is 299 g/mol. The number of carbonyl (C=O) groups excluding carboxylic acids is 1. The molecule has 1 aromatic rings. The predicted molar refractivity (Wildman–Crippen MR) is 91.5 cm³/mol. The van der Waals surface area contributed by atoms with E-state index in [4.69, 9.17) is 0 Å². The minimum absolute atomic E-state index is 0.260. The molecule has 1 fully saturated rings. The summed E-state index contributed by atoms with van der Waals surface area (Å²) in [6.45, 7) is 0.503. The molecule has 0 heterocycles. The molecule has 0 radical (unpaired) electrons. The van der Waals surface area contributed by atoms with Crippen molar-refractivity contribution in [1.82, 2.24) is 5.32 Å². The molecule has 2 nitrogen and oxygen atoms in total. The van der Waals surface area contributed by atoms with E-state index in [2.05, 4.69) is 17.4 Å². The number of carbonyl (C=O) groups is 1.